The number of nitrogens with one attached hydrogen (secondary N) is 1. The molecule has 0 saturated carbocycles. The molecule has 1 heterocycles. The number of benzene rings is 1. The maximum Gasteiger partial charge on any atom is 0.246 e. The van der Waals surface area contributed by atoms with Crippen LogP contribution >= 0.6 is 15.9 Å². The molecule has 0 aromatic heterocycles. The lowest BCUT2D eigenvalue weighted by molar-refractivity contribution is -0.133. The zero-order chi connectivity index (χ0) is 11.7. The van der Waals surface area contributed by atoms with E-state index in [0.717, 1.165) is 6.07 Å². The normalized spacial score (nSPS) is 20.7. The van der Waals surface area contributed by atoms with E-state index in [-0.39, 0.29) is 29.1 Å². The summed E-state index contributed by atoms with van der Waals surface area (Å²) in [5.74, 6) is -1.60. The molecule has 1 aromatic carbocycles. The highest BCUT2D eigenvalue weighted by molar-refractivity contribution is 9.10. The standard InChI is InChI=1S/C10H8BrF2NO2/c11-9-6(12)2-1-5(10(9)13)7-3-14-8(15)4-16-7/h1-2,7H,3-4H2,(H,14,15). The van der Waals surface area contributed by atoms with Crippen molar-refractivity contribution in [2.24, 2.45) is 0 Å². The van der Waals surface area contributed by atoms with E-state index in [0.29, 0.717) is 0 Å². The number of rotatable bonds is 1. The third-order valence-corrected chi connectivity index (χ3v) is 3.04. The SMILES string of the molecule is O=C1COC(c2ccc(F)c(Br)c2F)CN1. The molecule has 86 valence electrons. The highest BCUT2D eigenvalue weighted by Crippen LogP contribution is 2.28. The van der Waals surface area contributed by atoms with Crippen LogP contribution in [0, 0.1) is 11.6 Å². The Morgan fingerprint density at radius 2 is 2.19 bits per heavy atom. The van der Waals surface area contributed by atoms with E-state index in [1.807, 2.05) is 0 Å². The van der Waals surface area contributed by atoms with Crippen LogP contribution in [0.5, 0.6) is 0 Å². The number of ether oxygens (including phenoxy) is 1. The Bertz CT molecular complexity index is 429. The first-order chi connectivity index (χ1) is 7.59. The van der Waals surface area contributed by atoms with Gasteiger partial charge in [0.05, 0.1) is 4.47 Å². The summed E-state index contributed by atoms with van der Waals surface area (Å²) < 4.78 is 31.6. The molecule has 0 radical (unpaired) electrons. The number of hydrogen-bond donors (Lipinski definition) is 1. The molecule has 1 fully saturated rings. The fourth-order valence-corrected chi connectivity index (χ4v) is 1.84. The van der Waals surface area contributed by atoms with Crippen LogP contribution in [0.3, 0.4) is 0 Å². The molecule has 0 aliphatic carbocycles. The van der Waals surface area contributed by atoms with Crippen LogP contribution in [0.2, 0.25) is 0 Å². The lowest BCUT2D eigenvalue weighted by atomic mass is 10.1. The Morgan fingerprint density at radius 1 is 1.44 bits per heavy atom. The average molecular weight is 292 g/mol. The van der Waals surface area contributed by atoms with Gasteiger partial charge in [0.1, 0.15) is 24.3 Å². The van der Waals surface area contributed by atoms with Crippen LogP contribution in [0.4, 0.5) is 8.78 Å². The summed E-state index contributed by atoms with van der Waals surface area (Å²) in [6.07, 6.45) is -0.574. The van der Waals surface area contributed by atoms with Gasteiger partial charge in [-0.15, -0.1) is 0 Å². The monoisotopic (exact) mass is 291 g/mol. The Kier molecular flexibility index (Phi) is 3.20. The summed E-state index contributed by atoms with van der Waals surface area (Å²) in [7, 11) is 0. The predicted octanol–water partition coefficient (Wildman–Crippen LogP) is 1.91. The molecule has 0 bridgehead atoms. The van der Waals surface area contributed by atoms with Gasteiger partial charge in [-0.1, -0.05) is 6.07 Å². The number of amides is 1. The molecular formula is C10H8BrF2NO2. The van der Waals surface area contributed by atoms with Crippen LogP contribution < -0.4 is 5.32 Å². The number of hydrogen-bond acceptors (Lipinski definition) is 2. The van der Waals surface area contributed by atoms with Crippen LogP contribution in [-0.4, -0.2) is 19.1 Å². The van der Waals surface area contributed by atoms with Crippen molar-refractivity contribution in [1.82, 2.24) is 5.32 Å². The van der Waals surface area contributed by atoms with Crippen LogP contribution in [0.1, 0.15) is 11.7 Å². The maximum absolute atomic E-state index is 13.7. The third-order valence-electron chi connectivity index (χ3n) is 2.31. The van der Waals surface area contributed by atoms with E-state index in [4.69, 9.17) is 4.74 Å². The van der Waals surface area contributed by atoms with Crippen molar-refractivity contribution in [3.05, 3.63) is 33.8 Å². The van der Waals surface area contributed by atoms with Crippen molar-refractivity contribution < 1.29 is 18.3 Å². The molecule has 1 N–H and O–H groups in total. The molecule has 2 rings (SSSR count). The first-order valence-corrected chi connectivity index (χ1v) is 5.40. The van der Waals surface area contributed by atoms with Gasteiger partial charge in [-0.2, -0.15) is 0 Å². The second-order valence-corrected chi connectivity index (χ2v) is 4.16. The Hall–Kier alpha value is -1.01. The molecular weight excluding hydrogens is 284 g/mol. The smallest absolute Gasteiger partial charge is 0.246 e. The first-order valence-electron chi connectivity index (χ1n) is 4.61. The fourth-order valence-electron chi connectivity index (χ4n) is 1.48. The van der Waals surface area contributed by atoms with E-state index < -0.39 is 17.7 Å². The second-order valence-electron chi connectivity index (χ2n) is 3.37. The molecule has 6 heteroatoms. The van der Waals surface area contributed by atoms with Gasteiger partial charge in [0.25, 0.3) is 0 Å². The number of halogens is 3. The summed E-state index contributed by atoms with van der Waals surface area (Å²) in [5.41, 5.74) is 0.230. The number of morpholine rings is 1. The van der Waals surface area contributed by atoms with Crippen molar-refractivity contribution in [2.75, 3.05) is 13.2 Å². The van der Waals surface area contributed by atoms with E-state index in [9.17, 15) is 13.6 Å². The van der Waals surface area contributed by atoms with E-state index in [1.165, 1.54) is 6.07 Å². The summed E-state index contributed by atoms with van der Waals surface area (Å²) in [4.78, 5) is 10.8. The quantitative estimate of drug-likeness (QED) is 0.803. The molecule has 1 saturated heterocycles. The van der Waals surface area contributed by atoms with E-state index >= 15 is 0 Å². The molecule has 1 unspecified atom stereocenters. The molecule has 16 heavy (non-hydrogen) atoms. The van der Waals surface area contributed by atoms with Gasteiger partial charge in [0.15, 0.2) is 0 Å². The Balaban J connectivity index is 2.27. The van der Waals surface area contributed by atoms with Crippen molar-refractivity contribution >= 4 is 21.8 Å². The molecule has 3 nitrogen and oxygen atoms in total. The van der Waals surface area contributed by atoms with Gasteiger partial charge < -0.3 is 10.1 Å². The lowest BCUT2D eigenvalue weighted by Crippen LogP contribution is -2.39. The van der Waals surface area contributed by atoms with E-state index in [1.54, 1.807) is 0 Å². The largest absolute Gasteiger partial charge is 0.362 e. The predicted molar refractivity (Wildman–Crippen MR) is 55.8 cm³/mol. The summed E-state index contributed by atoms with van der Waals surface area (Å²) in [6.45, 7) is 0.0763. The zero-order valence-corrected chi connectivity index (χ0v) is 9.68. The Morgan fingerprint density at radius 3 is 2.81 bits per heavy atom. The van der Waals surface area contributed by atoms with Crippen LogP contribution in [0.25, 0.3) is 0 Å². The van der Waals surface area contributed by atoms with Crippen molar-refractivity contribution in [3.63, 3.8) is 0 Å². The summed E-state index contributed by atoms with van der Waals surface area (Å²) in [5, 5.41) is 2.55. The minimum Gasteiger partial charge on any atom is -0.362 e. The molecule has 1 aliphatic rings. The third kappa shape index (κ3) is 2.08. The first kappa shape index (κ1) is 11.5. The minimum atomic E-state index is -0.693. The number of carbonyl (C=O) groups excluding carboxylic acids is 1. The average Bonchev–Trinajstić information content (AvgIpc) is 2.28. The number of carbonyl (C=O) groups is 1. The minimum absolute atomic E-state index is 0.112. The van der Waals surface area contributed by atoms with Crippen LogP contribution in [0.15, 0.2) is 16.6 Å². The van der Waals surface area contributed by atoms with Gasteiger partial charge in [-0.25, -0.2) is 8.78 Å². The maximum atomic E-state index is 13.7. The van der Waals surface area contributed by atoms with Crippen LogP contribution in [-0.2, 0) is 9.53 Å². The Labute approximate surface area is 98.9 Å². The fraction of sp³-hybridized carbons (Fsp3) is 0.300. The van der Waals surface area contributed by atoms with Gasteiger partial charge in [-0.05, 0) is 22.0 Å². The van der Waals surface area contributed by atoms with Gasteiger partial charge in [0, 0.05) is 12.1 Å². The summed E-state index contributed by atoms with van der Waals surface area (Å²) in [6, 6.07) is 2.47. The topological polar surface area (TPSA) is 38.3 Å². The summed E-state index contributed by atoms with van der Waals surface area (Å²) >= 11 is 2.82. The highest BCUT2D eigenvalue weighted by Gasteiger charge is 2.24. The molecule has 1 aromatic rings. The second kappa shape index (κ2) is 4.47. The van der Waals surface area contributed by atoms with Crippen molar-refractivity contribution in [3.8, 4) is 0 Å². The van der Waals surface area contributed by atoms with Crippen molar-refractivity contribution in [1.29, 1.82) is 0 Å². The molecule has 1 aliphatic heterocycles. The van der Waals surface area contributed by atoms with Gasteiger partial charge in [-0.3, -0.25) is 4.79 Å². The van der Waals surface area contributed by atoms with Crippen molar-refractivity contribution in [2.45, 2.75) is 6.10 Å². The van der Waals surface area contributed by atoms with Gasteiger partial charge in [0.2, 0.25) is 5.91 Å². The zero-order valence-electron chi connectivity index (χ0n) is 8.10. The highest BCUT2D eigenvalue weighted by atomic mass is 79.9. The molecule has 1 atom stereocenters. The molecule has 1 amide bonds. The molecule has 0 spiro atoms. The lowest BCUT2D eigenvalue weighted by Gasteiger charge is -2.24. The van der Waals surface area contributed by atoms with Gasteiger partial charge >= 0.3 is 0 Å². The van der Waals surface area contributed by atoms with E-state index in [2.05, 4.69) is 21.2 Å².